The van der Waals surface area contributed by atoms with Gasteiger partial charge in [-0.25, -0.2) is 4.79 Å². The van der Waals surface area contributed by atoms with Crippen molar-refractivity contribution in [1.29, 1.82) is 0 Å². The molecule has 5 nitrogen and oxygen atoms in total. The standard InChI is InChI=1S/C18H26O5/c1-3-16(19)23-12(2)21-4-5-22-17(20)18-9-13-6-14(10-18)8-15(7-13)11-18/h3,12-15H,1,4-11H2,2H3. The monoisotopic (exact) mass is 322 g/mol. The maximum absolute atomic E-state index is 12.6. The second-order valence-corrected chi connectivity index (χ2v) is 7.41. The molecule has 4 rings (SSSR count). The van der Waals surface area contributed by atoms with E-state index in [0.29, 0.717) is 0 Å². The van der Waals surface area contributed by atoms with Crippen molar-refractivity contribution < 1.29 is 23.8 Å². The van der Waals surface area contributed by atoms with Gasteiger partial charge >= 0.3 is 11.9 Å². The highest BCUT2D eigenvalue weighted by molar-refractivity contribution is 5.81. The lowest BCUT2D eigenvalue weighted by Crippen LogP contribution is -2.50. The molecule has 23 heavy (non-hydrogen) atoms. The van der Waals surface area contributed by atoms with Crippen LogP contribution in [0.5, 0.6) is 0 Å². The molecule has 128 valence electrons. The molecule has 4 saturated carbocycles. The summed E-state index contributed by atoms with van der Waals surface area (Å²) in [6.07, 6.45) is 7.36. The second-order valence-electron chi connectivity index (χ2n) is 7.41. The molecule has 1 atom stereocenters. The van der Waals surface area contributed by atoms with Gasteiger partial charge in [0.15, 0.2) is 0 Å². The number of ether oxygens (including phenoxy) is 3. The molecule has 1 unspecified atom stereocenters. The van der Waals surface area contributed by atoms with E-state index in [0.717, 1.165) is 43.1 Å². The minimum absolute atomic E-state index is 0.0454. The minimum Gasteiger partial charge on any atom is -0.463 e. The van der Waals surface area contributed by atoms with Gasteiger partial charge in [0, 0.05) is 6.08 Å². The van der Waals surface area contributed by atoms with E-state index in [9.17, 15) is 9.59 Å². The van der Waals surface area contributed by atoms with E-state index < -0.39 is 12.3 Å². The summed E-state index contributed by atoms with van der Waals surface area (Å²) in [6, 6.07) is 0. The van der Waals surface area contributed by atoms with Gasteiger partial charge in [-0.15, -0.1) is 0 Å². The molecule has 4 aliphatic carbocycles. The van der Waals surface area contributed by atoms with Crippen LogP contribution in [0.25, 0.3) is 0 Å². The number of hydrogen-bond donors (Lipinski definition) is 0. The van der Waals surface area contributed by atoms with E-state index in [1.54, 1.807) is 6.92 Å². The van der Waals surface area contributed by atoms with Crippen LogP contribution in [0.15, 0.2) is 12.7 Å². The van der Waals surface area contributed by atoms with Crippen molar-refractivity contribution >= 4 is 11.9 Å². The van der Waals surface area contributed by atoms with Gasteiger partial charge in [0.25, 0.3) is 0 Å². The Kier molecular flexibility index (Phi) is 4.76. The molecule has 0 heterocycles. The first-order valence-corrected chi connectivity index (χ1v) is 8.62. The molecule has 0 aliphatic heterocycles. The van der Waals surface area contributed by atoms with Crippen molar-refractivity contribution in [3.05, 3.63) is 12.7 Å². The number of carbonyl (C=O) groups is 2. The molecule has 0 radical (unpaired) electrons. The SMILES string of the molecule is C=CC(=O)OC(C)OCCOC(=O)C12CC3CC(CC(C3)C1)C2. The molecular formula is C18H26O5. The Hall–Kier alpha value is -1.36. The largest absolute Gasteiger partial charge is 0.463 e. The fourth-order valence-corrected chi connectivity index (χ4v) is 5.11. The van der Waals surface area contributed by atoms with E-state index in [1.807, 2.05) is 0 Å². The van der Waals surface area contributed by atoms with E-state index in [1.165, 1.54) is 19.3 Å². The Morgan fingerprint density at radius 1 is 1.13 bits per heavy atom. The Morgan fingerprint density at radius 3 is 2.22 bits per heavy atom. The highest BCUT2D eigenvalue weighted by atomic mass is 16.7. The Bertz CT molecular complexity index is 449. The van der Waals surface area contributed by atoms with Gasteiger partial charge in [0.05, 0.1) is 12.0 Å². The van der Waals surface area contributed by atoms with Gasteiger partial charge in [-0.05, 0) is 63.2 Å². The highest BCUT2D eigenvalue weighted by Crippen LogP contribution is 2.60. The summed E-state index contributed by atoms with van der Waals surface area (Å²) in [4.78, 5) is 23.6. The Balaban J connectivity index is 1.42. The van der Waals surface area contributed by atoms with E-state index in [-0.39, 0.29) is 24.6 Å². The molecule has 5 heteroatoms. The molecule has 0 spiro atoms. The normalized spacial score (nSPS) is 35.6. The topological polar surface area (TPSA) is 61.8 Å². The van der Waals surface area contributed by atoms with Crippen LogP contribution in [-0.4, -0.2) is 31.4 Å². The van der Waals surface area contributed by atoms with E-state index >= 15 is 0 Å². The number of rotatable bonds is 7. The van der Waals surface area contributed by atoms with Crippen LogP contribution >= 0.6 is 0 Å². The lowest BCUT2D eigenvalue weighted by Gasteiger charge is -2.55. The number of hydrogen-bond acceptors (Lipinski definition) is 5. The molecule has 4 fully saturated rings. The zero-order valence-corrected chi connectivity index (χ0v) is 13.8. The predicted molar refractivity (Wildman–Crippen MR) is 83.3 cm³/mol. The fraction of sp³-hybridized carbons (Fsp3) is 0.778. The van der Waals surface area contributed by atoms with Crippen molar-refractivity contribution in [2.24, 2.45) is 23.2 Å². The van der Waals surface area contributed by atoms with Crippen molar-refractivity contribution in [2.45, 2.75) is 51.7 Å². The van der Waals surface area contributed by atoms with Crippen LogP contribution in [-0.2, 0) is 23.8 Å². The van der Waals surface area contributed by atoms with Crippen molar-refractivity contribution in [3.63, 3.8) is 0 Å². The quantitative estimate of drug-likeness (QED) is 0.312. The van der Waals surface area contributed by atoms with Crippen LogP contribution in [0.3, 0.4) is 0 Å². The molecule has 0 aromatic rings. The minimum atomic E-state index is -0.668. The lowest BCUT2D eigenvalue weighted by molar-refractivity contribution is -0.182. The molecule has 4 bridgehead atoms. The van der Waals surface area contributed by atoms with Gasteiger partial charge < -0.3 is 14.2 Å². The zero-order chi connectivity index (χ0) is 16.4. The molecule has 0 aromatic heterocycles. The van der Waals surface area contributed by atoms with Crippen LogP contribution in [0.1, 0.15) is 45.4 Å². The summed E-state index contributed by atoms with van der Waals surface area (Å²) in [5, 5.41) is 0. The van der Waals surface area contributed by atoms with Gasteiger partial charge in [0.2, 0.25) is 6.29 Å². The lowest BCUT2D eigenvalue weighted by atomic mass is 9.49. The molecule has 4 aliphatic rings. The molecule has 0 N–H and O–H groups in total. The first-order valence-electron chi connectivity index (χ1n) is 8.62. The maximum Gasteiger partial charge on any atom is 0.332 e. The Morgan fingerprint density at radius 2 is 1.70 bits per heavy atom. The first kappa shape index (κ1) is 16.5. The molecular weight excluding hydrogens is 296 g/mol. The third-order valence-corrected chi connectivity index (χ3v) is 5.59. The van der Waals surface area contributed by atoms with Crippen LogP contribution in [0.4, 0.5) is 0 Å². The average Bonchev–Trinajstić information content (AvgIpc) is 2.49. The third-order valence-electron chi connectivity index (χ3n) is 5.59. The molecule has 0 saturated heterocycles. The molecule has 0 amide bonds. The summed E-state index contributed by atoms with van der Waals surface area (Å²) in [7, 11) is 0. The molecule has 0 aromatic carbocycles. The van der Waals surface area contributed by atoms with Gasteiger partial charge in [-0.1, -0.05) is 6.58 Å². The summed E-state index contributed by atoms with van der Waals surface area (Å²) in [6.45, 7) is 5.38. The predicted octanol–water partition coefficient (Wildman–Crippen LogP) is 2.84. The second kappa shape index (κ2) is 6.63. The Labute approximate surface area is 137 Å². The maximum atomic E-state index is 12.6. The van der Waals surface area contributed by atoms with Crippen molar-refractivity contribution in [2.75, 3.05) is 13.2 Å². The third kappa shape index (κ3) is 3.60. The van der Waals surface area contributed by atoms with Crippen LogP contribution in [0.2, 0.25) is 0 Å². The average molecular weight is 322 g/mol. The van der Waals surface area contributed by atoms with Crippen LogP contribution in [0, 0.1) is 23.2 Å². The van der Waals surface area contributed by atoms with E-state index in [4.69, 9.17) is 14.2 Å². The number of esters is 2. The zero-order valence-electron chi connectivity index (χ0n) is 13.8. The van der Waals surface area contributed by atoms with Gasteiger partial charge in [-0.2, -0.15) is 0 Å². The summed E-state index contributed by atoms with van der Waals surface area (Å²) in [5.41, 5.74) is -0.227. The van der Waals surface area contributed by atoms with E-state index in [2.05, 4.69) is 6.58 Å². The first-order chi connectivity index (χ1) is 11.0. The smallest absolute Gasteiger partial charge is 0.332 e. The summed E-state index contributed by atoms with van der Waals surface area (Å²) >= 11 is 0. The van der Waals surface area contributed by atoms with Gasteiger partial charge in [-0.3, -0.25) is 4.79 Å². The summed E-state index contributed by atoms with van der Waals surface area (Å²) in [5.74, 6) is 1.61. The van der Waals surface area contributed by atoms with Crippen molar-refractivity contribution in [1.82, 2.24) is 0 Å². The van der Waals surface area contributed by atoms with Crippen molar-refractivity contribution in [3.8, 4) is 0 Å². The van der Waals surface area contributed by atoms with Crippen LogP contribution < -0.4 is 0 Å². The fourth-order valence-electron chi connectivity index (χ4n) is 5.11. The van der Waals surface area contributed by atoms with Gasteiger partial charge in [0.1, 0.15) is 6.61 Å². The highest BCUT2D eigenvalue weighted by Gasteiger charge is 2.55. The summed E-state index contributed by atoms with van der Waals surface area (Å²) < 4.78 is 15.7. The number of carbonyl (C=O) groups excluding carboxylic acids is 2.